The molecule has 0 spiro atoms. The molecule has 0 fully saturated rings. The SMILES string of the molecule is Cc1n[nH]c(=O)c(C)c1C(=N)c1ccc(Oc2ccccc2)cc1. The van der Waals surface area contributed by atoms with E-state index in [1.54, 1.807) is 26.0 Å². The van der Waals surface area contributed by atoms with Gasteiger partial charge in [0, 0.05) is 16.7 Å². The van der Waals surface area contributed by atoms with E-state index in [0.29, 0.717) is 28.1 Å². The zero-order valence-corrected chi connectivity index (χ0v) is 13.5. The predicted molar refractivity (Wildman–Crippen MR) is 93.2 cm³/mol. The van der Waals surface area contributed by atoms with Gasteiger partial charge in [0.05, 0.1) is 11.4 Å². The fourth-order valence-corrected chi connectivity index (χ4v) is 2.49. The minimum absolute atomic E-state index is 0.273. The maximum absolute atomic E-state index is 11.8. The van der Waals surface area contributed by atoms with Crippen molar-refractivity contribution in [3.05, 3.63) is 87.3 Å². The molecule has 5 heteroatoms. The molecule has 3 rings (SSSR count). The highest BCUT2D eigenvalue weighted by molar-refractivity contribution is 6.12. The summed E-state index contributed by atoms with van der Waals surface area (Å²) >= 11 is 0. The summed E-state index contributed by atoms with van der Waals surface area (Å²) in [4.78, 5) is 11.8. The van der Waals surface area contributed by atoms with Crippen LogP contribution in [-0.2, 0) is 0 Å². The molecule has 24 heavy (non-hydrogen) atoms. The lowest BCUT2D eigenvalue weighted by atomic mass is 9.98. The topological polar surface area (TPSA) is 78.8 Å². The Morgan fingerprint density at radius 2 is 1.62 bits per heavy atom. The lowest BCUT2D eigenvalue weighted by Crippen LogP contribution is -2.19. The second-order valence-corrected chi connectivity index (χ2v) is 5.45. The third-order valence-electron chi connectivity index (χ3n) is 3.77. The molecule has 0 aliphatic heterocycles. The molecule has 0 radical (unpaired) electrons. The molecule has 0 aliphatic carbocycles. The first-order chi connectivity index (χ1) is 11.6. The van der Waals surface area contributed by atoms with Crippen molar-refractivity contribution in [2.45, 2.75) is 13.8 Å². The van der Waals surface area contributed by atoms with Crippen LogP contribution in [0.1, 0.15) is 22.4 Å². The Morgan fingerprint density at radius 1 is 1.00 bits per heavy atom. The van der Waals surface area contributed by atoms with Gasteiger partial charge in [0.2, 0.25) is 0 Å². The number of para-hydroxylation sites is 1. The van der Waals surface area contributed by atoms with Crippen LogP contribution < -0.4 is 10.3 Å². The van der Waals surface area contributed by atoms with Crippen LogP contribution >= 0.6 is 0 Å². The van der Waals surface area contributed by atoms with E-state index in [9.17, 15) is 4.79 Å². The van der Waals surface area contributed by atoms with Gasteiger partial charge >= 0.3 is 0 Å². The van der Waals surface area contributed by atoms with Crippen LogP contribution in [0, 0.1) is 19.3 Å². The molecule has 5 nitrogen and oxygen atoms in total. The van der Waals surface area contributed by atoms with E-state index in [1.807, 2.05) is 42.5 Å². The molecule has 0 aliphatic rings. The van der Waals surface area contributed by atoms with Gasteiger partial charge < -0.3 is 4.74 Å². The van der Waals surface area contributed by atoms with Crippen LogP contribution in [0.15, 0.2) is 59.4 Å². The summed E-state index contributed by atoms with van der Waals surface area (Å²) < 4.78 is 5.75. The Morgan fingerprint density at radius 3 is 2.29 bits per heavy atom. The number of rotatable bonds is 4. The Balaban J connectivity index is 1.87. The van der Waals surface area contributed by atoms with Crippen LogP contribution in [0.2, 0.25) is 0 Å². The third kappa shape index (κ3) is 3.10. The summed E-state index contributed by atoms with van der Waals surface area (Å²) in [5.41, 5.74) is 2.39. The van der Waals surface area contributed by atoms with Gasteiger partial charge in [-0.3, -0.25) is 10.2 Å². The Hall–Kier alpha value is -3.21. The van der Waals surface area contributed by atoms with Crippen molar-refractivity contribution in [2.24, 2.45) is 0 Å². The maximum Gasteiger partial charge on any atom is 0.267 e. The number of hydrogen-bond donors (Lipinski definition) is 2. The normalized spacial score (nSPS) is 10.4. The van der Waals surface area contributed by atoms with Crippen LogP contribution in [0.25, 0.3) is 0 Å². The van der Waals surface area contributed by atoms with Gasteiger partial charge in [0.25, 0.3) is 5.56 Å². The summed E-state index contributed by atoms with van der Waals surface area (Å²) in [6.45, 7) is 3.48. The number of aryl methyl sites for hydroxylation is 1. The molecule has 0 bridgehead atoms. The standard InChI is InChI=1S/C19H17N3O2/c1-12-17(13(2)21-22-19(12)23)18(20)14-8-10-16(11-9-14)24-15-6-4-3-5-7-15/h3-11,20H,1-2H3,(H,22,23). The summed E-state index contributed by atoms with van der Waals surface area (Å²) in [6.07, 6.45) is 0. The highest BCUT2D eigenvalue weighted by atomic mass is 16.5. The largest absolute Gasteiger partial charge is 0.457 e. The Kier molecular flexibility index (Phi) is 4.24. The molecule has 0 amide bonds. The first-order valence-corrected chi connectivity index (χ1v) is 7.54. The number of nitrogens with zero attached hydrogens (tertiary/aromatic N) is 1. The maximum atomic E-state index is 11.8. The van der Waals surface area contributed by atoms with E-state index < -0.39 is 0 Å². The van der Waals surface area contributed by atoms with Crippen LogP contribution in [-0.4, -0.2) is 15.9 Å². The quantitative estimate of drug-likeness (QED) is 0.721. The smallest absolute Gasteiger partial charge is 0.267 e. The molecule has 3 aromatic rings. The molecule has 0 saturated heterocycles. The summed E-state index contributed by atoms with van der Waals surface area (Å²) in [5.74, 6) is 1.45. The number of ether oxygens (including phenoxy) is 1. The van der Waals surface area contributed by atoms with Gasteiger partial charge in [0.15, 0.2) is 0 Å². The monoisotopic (exact) mass is 319 g/mol. The highest BCUT2D eigenvalue weighted by Crippen LogP contribution is 2.22. The van der Waals surface area contributed by atoms with Crippen LogP contribution in [0.3, 0.4) is 0 Å². The highest BCUT2D eigenvalue weighted by Gasteiger charge is 2.14. The van der Waals surface area contributed by atoms with Crippen molar-refractivity contribution in [3.8, 4) is 11.5 Å². The van der Waals surface area contributed by atoms with Gasteiger partial charge in [-0.1, -0.05) is 18.2 Å². The van der Waals surface area contributed by atoms with Crippen molar-refractivity contribution in [2.75, 3.05) is 0 Å². The Bertz CT molecular complexity index is 929. The first-order valence-electron chi connectivity index (χ1n) is 7.54. The van der Waals surface area contributed by atoms with Crippen LogP contribution in [0.4, 0.5) is 0 Å². The van der Waals surface area contributed by atoms with E-state index >= 15 is 0 Å². The minimum atomic E-state index is -0.274. The minimum Gasteiger partial charge on any atom is -0.457 e. The van der Waals surface area contributed by atoms with Crippen molar-refractivity contribution >= 4 is 5.71 Å². The average molecular weight is 319 g/mol. The number of benzene rings is 2. The lowest BCUT2D eigenvalue weighted by molar-refractivity contribution is 0.482. The molecule has 2 N–H and O–H groups in total. The summed E-state index contributed by atoms with van der Waals surface area (Å²) in [6, 6.07) is 16.7. The number of aromatic amines is 1. The zero-order chi connectivity index (χ0) is 17.1. The van der Waals surface area contributed by atoms with E-state index in [0.717, 1.165) is 5.75 Å². The van der Waals surface area contributed by atoms with Gasteiger partial charge in [-0.15, -0.1) is 0 Å². The predicted octanol–water partition coefficient (Wildman–Crippen LogP) is 3.60. The number of H-pyrrole nitrogens is 1. The lowest BCUT2D eigenvalue weighted by Gasteiger charge is -2.11. The van der Waals surface area contributed by atoms with Crippen molar-refractivity contribution in [1.82, 2.24) is 10.2 Å². The molecule has 2 aromatic carbocycles. The van der Waals surface area contributed by atoms with Crippen molar-refractivity contribution in [1.29, 1.82) is 5.41 Å². The second kappa shape index (κ2) is 6.50. The van der Waals surface area contributed by atoms with E-state index in [1.165, 1.54) is 0 Å². The van der Waals surface area contributed by atoms with Crippen molar-refractivity contribution in [3.63, 3.8) is 0 Å². The number of nitrogens with one attached hydrogen (secondary N) is 2. The van der Waals surface area contributed by atoms with E-state index in [-0.39, 0.29) is 11.3 Å². The summed E-state index contributed by atoms with van der Waals surface area (Å²) in [7, 11) is 0. The van der Waals surface area contributed by atoms with E-state index in [4.69, 9.17) is 10.1 Å². The van der Waals surface area contributed by atoms with Gasteiger partial charge in [-0.2, -0.15) is 5.10 Å². The molecule has 1 aromatic heterocycles. The fraction of sp³-hybridized carbons (Fsp3) is 0.105. The first kappa shape index (κ1) is 15.7. The van der Waals surface area contributed by atoms with Crippen LogP contribution in [0.5, 0.6) is 11.5 Å². The molecule has 0 unspecified atom stereocenters. The second-order valence-electron chi connectivity index (χ2n) is 5.45. The zero-order valence-electron chi connectivity index (χ0n) is 13.5. The van der Waals surface area contributed by atoms with E-state index in [2.05, 4.69) is 10.2 Å². The molecule has 0 atom stereocenters. The Labute approximate surface area is 139 Å². The molecule has 0 saturated carbocycles. The van der Waals surface area contributed by atoms with Crippen molar-refractivity contribution < 1.29 is 4.74 Å². The third-order valence-corrected chi connectivity index (χ3v) is 3.77. The summed E-state index contributed by atoms with van der Waals surface area (Å²) in [5, 5.41) is 14.8. The fourth-order valence-electron chi connectivity index (χ4n) is 2.49. The van der Waals surface area contributed by atoms with Gasteiger partial charge in [-0.25, -0.2) is 5.10 Å². The van der Waals surface area contributed by atoms with Gasteiger partial charge in [0.1, 0.15) is 11.5 Å². The molecular weight excluding hydrogens is 302 g/mol. The number of hydrogen-bond acceptors (Lipinski definition) is 4. The molecular formula is C19H17N3O2. The average Bonchev–Trinajstić information content (AvgIpc) is 2.60. The number of aromatic nitrogens is 2. The van der Waals surface area contributed by atoms with Gasteiger partial charge in [-0.05, 0) is 50.2 Å². The molecule has 1 heterocycles. The molecule has 120 valence electrons.